The van der Waals surface area contributed by atoms with E-state index in [1.807, 2.05) is 0 Å². The molecule has 7 heteroatoms. The van der Waals surface area contributed by atoms with Gasteiger partial charge >= 0.3 is 12.0 Å². The molecule has 0 aromatic heterocycles. The van der Waals surface area contributed by atoms with Crippen LogP contribution in [-0.4, -0.2) is 36.1 Å². The molecular formula is C9H17N3O4. The molecule has 5 N–H and O–H groups in total. The Hall–Kier alpha value is -1.79. The maximum atomic E-state index is 11.1. The predicted octanol–water partition coefficient (Wildman–Crippen LogP) is -0.728. The third-order valence-electron chi connectivity index (χ3n) is 2.01. The van der Waals surface area contributed by atoms with Crippen molar-refractivity contribution in [3.05, 3.63) is 0 Å². The number of hydrogen-bond acceptors (Lipinski definition) is 3. The molecule has 1 atom stereocenters. The van der Waals surface area contributed by atoms with Crippen LogP contribution in [0.3, 0.4) is 0 Å². The number of nitrogens with two attached hydrogens (primary N) is 1. The molecule has 0 saturated carbocycles. The summed E-state index contributed by atoms with van der Waals surface area (Å²) < 4.78 is 0. The molecule has 0 aromatic carbocycles. The van der Waals surface area contributed by atoms with Crippen molar-refractivity contribution in [2.45, 2.75) is 19.8 Å². The SMILES string of the molecule is CCC(CNC(=O)NCCC(N)=O)C(=O)O. The first-order valence-corrected chi connectivity index (χ1v) is 5.00. The molecule has 0 radical (unpaired) electrons. The Labute approximate surface area is 93.4 Å². The van der Waals surface area contributed by atoms with Crippen molar-refractivity contribution in [1.82, 2.24) is 10.6 Å². The Morgan fingerprint density at radius 2 is 1.94 bits per heavy atom. The number of carboxylic acids is 1. The monoisotopic (exact) mass is 231 g/mol. The second-order valence-electron chi connectivity index (χ2n) is 3.30. The molecule has 0 rings (SSSR count). The van der Waals surface area contributed by atoms with Crippen LogP contribution in [0.5, 0.6) is 0 Å². The van der Waals surface area contributed by atoms with Gasteiger partial charge in [-0.25, -0.2) is 4.79 Å². The first-order chi connectivity index (χ1) is 7.47. The Balaban J connectivity index is 3.71. The van der Waals surface area contributed by atoms with E-state index in [1.165, 1.54) is 0 Å². The minimum absolute atomic E-state index is 0.0591. The molecule has 0 aliphatic rings. The summed E-state index contributed by atoms with van der Waals surface area (Å²) in [5.74, 6) is -2.04. The van der Waals surface area contributed by atoms with Gasteiger partial charge in [-0.3, -0.25) is 9.59 Å². The number of amides is 3. The van der Waals surface area contributed by atoms with E-state index >= 15 is 0 Å². The number of aliphatic carboxylic acids is 1. The maximum Gasteiger partial charge on any atom is 0.314 e. The molecule has 0 aliphatic heterocycles. The minimum atomic E-state index is -0.945. The van der Waals surface area contributed by atoms with Crippen LogP contribution >= 0.6 is 0 Å². The first kappa shape index (κ1) is 14.2. The summed E-state index contributed by atoms with van der Waals surface area (Å²) in [6, 6.07) is -0.499. The lowest BCUT2D eigenvalue weighted by atomic mass is 10.1. The van der Waals surface area contributed by atoms with Crippen molar-refractivity contribution in [1.29, 1.82) is 0 Å². The number of carbonyl (C=O) groups is 3. The zero-order valence-corrected chi connectivity index (χ0v) is 9.16. The van der Waals surface area contributed by atoms with Crippen LogP contribution in [0, 0.1) is 5.92 Å². The van der Waals surface area contributed by atoms with Gasteiger partial charge in [-0.2, -0.15) is 0 Å². The highest BCUT2D eigenvalue weighted by atomic mass is 16.4. The van der Waals surface area contributed by atoms with Crippen LogP contribution in [0.25, 0.3) is 0 Å². The van der Waals surface area contributed by atoms with Gasteiger partial charge in [-0.15, -0.1) is 0 Å². The van der Waals surface area contributed by atoms with E-state index in [9.17, 15) is 14.4 Å². The Kier molecular flexibility index (Phi) is 6.66. The van der Waals surface area contributed by atoms with E-state index in [0.29, 0.717) is 6.42 Å². The largest absolute Gasteiger partial charge is 0.481 e. The topological polar surface area (TPSA) is 122 Å². The average Bonchev–Trinajstić information content (AvgIpc) is 2.17. The van der Waals surface area contributed by atoms with E-state index < -0.39 is 23.8 Å². The van der Waals surface area contributed by atoms with Gasteiger partial charge in [0.05, 0.1) is 5.92 Å². The van der Waals surface area contributed by atoms with Crippen LogP contribution in [0.15, 0.2) is 0 Å². The summed E-state index contributed by atoms with van der Waals surface area (Å²) >= 11 is 0. The number of rotatable bonds is 7. The normalized spacial score (nSPS) is 11.6. The smallest absolute Gasteiger partial charge is 0.314 e. The van der Waals surface area contributed by atoms with Gasteiger partial charge < -0.3 is 21.5 Å². The molecule has 0 aromatic rings. The van der Waals surface area contributed by atoms with E-state index in [2.05, 4.69) is 10.6 Å². The van der Waals surface area contributed by atoms with Gasteiger partial charge in [0.1, 0.15) is 0 Å². The first-order valence-electron chi connectivity index (χ1n) is 5.00. The maximum absolute atomic E-state index is 11.1. The van der Waals surface area contributed by atoms with Gasteiger partial charge in [-0.1, -0.05) is 6.92 Å². The lowest BCUT2D eigenvalue weighted by Crippen LogP contribution is -2.40. The number of primary amides is 1. The molecule has 7 nitrogen and oxygen atoms in total. The zero-order valence-electron chi connectivity index (χ0n) is 9.16. The average molecular weight is 231 g/mol. The fourth-order valence-electron chi connectivity index (χ4n) is 0.984. The lowest BCUT2D eigenvalue weighted by molar-refractivity contribution is -0.141. The van der Waals surface area contributed by atoms with Crippen molar-refractivity contribution in [2.24, 2.45) is 11.7 Å². The van der Waals surface area contributed by atoms with E-state index in [4.69, 9.17) is 10.8 Å². The highest BCUT2D eigenvalue weighted by Gasteiger charge is 2.15. The number of urea groups is 1. The fraction of sp³-hybridized carbons (Fsp3) is 0.667. The standard InChI is InChI=1S/C9H17N3O4/c1-2-6(8(14)15)5-12-9(16)11-4-3-7(10)13/h6H,2-5H2,1H3,(H2,10,13)(H,14,15)(H2,11,12,16). The molecule has 0 aliphatic carbocycles. The molecular weight excluding hydrogens is 214 g/mol. The van der Waals surface area contributed by atoms with Crippen molar-refractivity contribution < 1.29 is 19.5 Å². The number of carboxylic acid groups (broad SMARTS) is 1. The highest BCUT2D eigenvalue weighted by Crippen LogP contribution is 1.99. The predicted molar refractivity (Wildman–Crippen MR) is 56.6 cm³/mol. The Morgan fingerprint density at radius 1 is 1.31 bits per heavy atom. The molecule has 0 spiro atoms. The number of hydrogen-bond donors (Lipinski definition) is 4. The summed E-state index contributed by atoms with van der Waals surface area (Å²) in [6.45, 7) is 1.94. The van der Waals surface area contributed by atoms with Gasteiger partial charge in [-0.05, 0) is 6.42 Å². The Bertz CT molecular complexity index is 267. The molecule has 16 heavy (non-hydrogen) atoms. The van der Waals surface area contributed by atoms with Crippen LogP contribution in [0.1, 0.15) is 19.8 Å². The lowest BCUT2D eigenvalue weighted by Gasteiger charge is -2.11. The highest BCUT2D eigenvalue weighted by molar-refractivity contribution is 5.77. The molecule has 0 saturated heterocycles. The van der Waals surface area contributed by atoms with Crippen LogP contribution < -0.4 is 16.4 Å². The van der Waals surface area contributed by atoms with E-state index in [-0.39, 0.29) is 19.5 Å². The van der Waals surface area contributed by atoms with Crippen LogP contribution in [-0.2, 0) is 9.59 Å². The van der Waals surface area contributed by atoms with Crippen LogP contribution in [0.4, 0.5) is 4.79 Å². The van der Waals surface area contributed by atoms with Crippen molar-refractivity contribution in [3.63, 3.8) is 0 Å². The molecule has 0 bridgehead atoms. The molecule has 0 fully saturated rings. The van der Waals surface area contributed by atoms with E-state index in [1.54, 1.807) is 6.92 Å². The Morgan fingerprint density at radius 3 is 2.38 bits per heavy atom. The minimum Gasteiger partial charge on any atom is -0.481 e. The second-order valence-corrected chi connectivity index (χ2v) is 3.30. The third kappa shape index (κ3) is 6.63. The van der Waals surface area contributed by atoms with E-state index in [0.717, 1.165) is 0 Å². The number of carbonyl (C=O) groups excluding carboxylic acids is 2. The summed E-state index contributed by atoms with van der Waals surface area (Å²) in [4.78, 5) is 32.1. The van der Waals surface area contributed by atoms with Crippen molar-refractivity contribution >= 4 is 17.9 Å². The molecule has 1 unspecified atom stereocenters. The van der Waals surface area contributed by atoms with Gasteiger partial charge in [0.2, 0.25) is 5.91 Å². The van der Waals surface area contributed by atoms with Crippen molar-refractivity contribution in [3.8, 4) is 0 Å². The zero-order chi connectivity index (χ0) is 12.6. The molecule has 92 valence electrons. The second kappa shape index (κ2) is 7.49. The van der Waals surface area contributed by atoms with Crippen LogP contribution in [0.2, 0.25) is 0 Å². The quantitative estimate of drug-likeness (QED) is 0.461. The van der Waals surface area contributed by atoms with Gasteiger partial charge in [0.25, 0.3) is 0 Å². The summed E-state index contributed by atoms with van der Waals surface area (Å²) in [7, 11) is 0. The molecule has 3 amide bonds. The summed E-state index contributed by atoms with van der Waals surface area (Å²) in [5.41, 5.74) is 4.87. The summed E-state index contributed by atoms with van der Waals surface area (Å²) in [5, 5.41) is 13.5. The summed E-state index contributed by atoms with van der Waals surface area (Å²) in [6.07, 6.45) is 0.500. The third-order valence-corrected chi connectivity index (χ3v) is 2.01. The van der Waals surface area contributed by atoms with Gasteiger partial charge in [0, 0.05) is 19.5 Å². The van der Waals surface area contributed by atoms with Gasteiger partial charge in [0.15, 0.2) is 0 Å². The number of nitrogens with one attached hydrogen (secondary N) is 2. The van der Waals surface area contributed by atoms with Crippen molar-refractivity contribution in [2.75, 3.05) is 13.1 Å². The fourth-order valence-corrected chi connectivity index (χ4v) is 0.984. The molecule has 0 heterocycles.